The van der Waals surface area contributed by atoms with Crippen molar-refractivity contribution in [3.05, 3.63) is 54.1 Å². The van der Waals surface area contributed by atoms with Crippen LogP contribution in [0.4, 0.5) is 0 Å². The van der Waals surface area contributed by atoms with Gasteiger partial charge in [0, 0.05) is 18.0 Å². The van der Waals surface area contributed by atoms with Crippen LogP contribution in [0, 0.1) is 18.3 Å². The van der Waals surface area contributed by atoms with Gasteiger partial charge < -0.3 is 19.5 Å². The molecule has 0 bridgehead atoms. The summed E-state index contributed by atoms with van der Waals surface area (Å²) in [6.45, 7) is 1.90. The molecule has 0 saturated heterocycles. The Balaban J connectivity index is 1.64. The van der Waals surface area contributed by atoms with Crippen molar-refractivity contribution in [1.82, 2.24) is 14.5 Å². The van der Waals surface area contributed by atoms with Crippen molar-refractivity contribution in [2.45, 2.75) is 37.7 Å². The van der Waals surface area contributed by atoms with E-state index in [4.69, 9.17) is 4.74 Å². The first kappa shape index (κ1) is 16.5. The Labute approximate surface area is 150 Å². The molecule has 1 aliphatic carbocycles. The number of aryl methyl sites for hydroxylation is 1. The van der Waals surface area contributed by atoms with Gasteiger partial charge in [0.25, 0.3) is 0 Å². The van der Waals surface area contributed by atoms with Gasteiger partial charge in [0.15, 0.2) is 0 Å². The zero-order valence-corrected chi connectivity index (χ0v) is 14.1. The van der Waals surface area contributed by atoms with Crippen LogP contribution in [0.15, 0.2) is 42.9 Å². The van der Waals surface area contributed by atoms with E-state index in [2.05, 4.69) is 16.0 Å². The van der Waals surface area contributed by atoms with Crippen LogP contribution in [0.2, 0.25) is 0 Å². The summed E-state index contributed by atoms with van der Waals surface area (Å²) in [5, 5.41) is 31.2. The van der Waals surface area contributed by atoms with E-state index in [-0.39, 0.29) is 6.04 Å². The van der Waals surface area contributed by atoms with Crippen molar-refractivity contribution in [2.75, 3.05) is 0 Å². The van der Waals surface area contributed by atoms with Gasteiger partial charge in [-0.05, 0) is 25.1 Å². The van der Waals surface area contributed by atoms with Crippen LogP contribution in [0.3, 0.4) is 0 Å². The van der Waals surface area contributed by atoms with Gasteiger partial charge in [0.1, 0.15) is 42.1 Å². The molecule has 7 nitrogen and oxygen atoms in total. The molecule has 1 fully saturated rings. The maximum Gasteiger partial charge on any atom is 0.143 e. The largest absolute Gasteiger partial charge is 0.486 e. The quantitative estimate of drug-likeness (QED) is 0.745. The Hall–Kier alpha value is -2.95. The fraction of sp³-hybridized carbons (Fsp3) is 0.316. The lowest BCUT2D eigenvalue weighted by Gasteiger charge is -2.19. The first-order chi connectivity index (χ1) is 12.6. The average Bonchev–Trinajstić information content (AvgIpc) is 3.20. The first-order valence-electron chi connectivity index (χ1n) is 8.40. The van der Waals surface area contributed by atoms with Gasteiger partial charge in [0.2, 0.25) is 0 Å². The number of aliphatic hydroxyl groups is 2. The van der Waals surface area contributed by atoms with Crippen LogP contribution in [0.5, 0.6) is 5.75 Å². The molecule has 2 heterocycles. The van der Waals surface area contributed by atoms with E-state index >= 15 is 0 Å². The number of hydrogen-bond donors (Lipinski definition) is 2. The molecule has 4 atom stereocenters. The van der Waals surface area contributed by atoms with E-state index in [1.165, 1.54) is 6.33 Å². The topological polar surface area (TPSA) is 104 Å². The maximum atomic E-state index is 10.6. The van der Waals surface area contributed by atoms with Crippen molar-refractivity contribution in [3.8, 4) is 11.8 Å². The maximum absolute atomic E-state index is 10.6. The van der Waals surface area contributed by atoms with E-state index < -0.39 is 18.3 Å². The summed E-state index contributed by atoms with van der Waals surface area (Å²) in [4.78, 5) is 8.50. The average molecular weight is 350 g/mol. The molecule has 0 spiro atoms. The number of aromatic nitrogens is 3. The van der Waals surface area contributed by atoms with E-state index in [0.29, 0.717) is 23.4 Å². The number of fused-ring (bicyclic) bond motifs is 1. The van der Waals surface area contributed by atoms with Crippen LogP contribution < -0.4 is 4.74 Å². The fourth-order valence-electron chi connectivity index (χ4n) is 3.55. The number of benzene rings is 1. The lowest BCUT2D eigenvalue weighted by molar-refractivity contribution is -0.0164. The van der Waals surface area contributed by atoms with Gasteiger partial charge in [-0.15, -0.1) is 0 Å². The third-order valence-electron chi connectivity index (χ3n) is 4.95. The smallest absolute Gasteiger partial charge is 0.143 e. The molecule has 0 radical (unpaired) electrons. The minimum absolute atomic E-state index is 0.379. The lowest BCUT2D eigenvalue weighted by atomic mass is 10.2. The van der Waals surface area contributed by atoms with Gasteiger partial charge in [-0.3, -0.25) is 0 Å². The van der Waals surface area contributed by atoms with Crippen molar-refractivity contribution < 1.29 is 14.9 Å². The highest BCUT2D eigenvalue weighted by Crippen LogP contribution is 2.36. The monoisotopic (exact) mass is 350 g/mol. The number of ether oxygens (including phenoxy) is 1. The van der Waals surface area contributed by atoms with Crippen LogP contribution in [0.1, 0.15) is 23.7 Å². The highest BCUT2D eigenvalue weighted by Gasteiger charge is 2.44. The van der Waals surface area contributed by atoms with Crippen molar-refractivity contribution in [3.63, 3.8) is 0 Å². The number of nitriles is 1. The molecule has 1 aromatic carbocycles. The molecule has 2 N–H and O–H groups in total. The van der Waals surface area contributed by atoms with Crippen LogP contribution in [0.25, 0.3) is 11.0 Å². The van der Waals surface area contributed by atoms with Crippen LogP contribution >= 0.6 is 0 Å². The second-order valence-corrected chi connectivity index (χ2v) is 6.47. The Kier molecular flexibility index (Phi) is 4.07. The molecular weight excluding hydrogens is 332 g/mol. The Morgan fingerprint density at radius 1 is 1.19 bits per heavy atom. The number of aliphatic hydroxyl groups excluding tert-OH is 2. The molecule has 132 valence electrons. The van der Waals surface area contributed by atoms with Gasteiger partial charge in [0.05, 0.1) is 17.3 Å². The highest BCUT2D eigenvalue weighted by molar-refractivity contribution is 5.78. The first-order valence-corrected chi connectivity index (χ1v) is 8.40. The van der Waals surface area contributed by atoms with Gasteiger partial charge in [-0.2, -0.15) is 5.26 Å². The minimum atomic E-state index is -1.06. The van der Waals surface area contributed by atoms with Crippen molar-refractivity contribution in [2.24, 2.45) is 0 Å². The lowest BCUT2D eigenvalue weighted by Crippen LogP contribution is -2.34. The third kappa shape index (κ3) is 2.60. The zero-order chi connectivity index (χ0) is 18.3. The number of nitrogens with zero attached hydrogens (tertiary/aromatic N) is 4. The van der Waals surface area contributed by atoms with E-state index in [1.807, 2.05) is 23.8 Å². The summed E-state index contributed by atoms with van der Waals surface area (Å²) in [6.07, 6.45) is 1.05. The zero-order valence-electron chi connectivity index (χ0n) is 14.1. The molecule has 0 aliphatic heterocycles. The summed E-state index contributed by atoms with van der Waals surface area (Å²) < 4.78 is 7.72. The highest BCUT2D eigenvalue weighted by atomic mass is 16.5. The summed E-state index contributed by atoms with van der Waals surface area (Å²) >= 11 is 0. The predicted molar refractivity (Wildman–Crippen MR) is 93.5 cm³/mol. The molecule has 0 amide bonds. The van der Waals surface area contributed by atoms with E-state index in [0.717, 1.165) is 11.1 Å². The molecule has 3 aromatic rings. The van der Waals surface area contributed by atoms with E-state index in [1.54, 1.807) is 24.3 Å². The SMILES string of the molecule is Cc1ncnc2c1ccn2C1CC(Oc2ccccc2C#N)[C@@H](O)[C@H]1O. The second kappa shape index (κ2) is 6.41. The number of para-hydroxylation sites is 1. The second-order valence-electron chi connectivity index (χ2n) is 6.47. The molecule has 7 heteroatoms. The molecule has 2 aromatic heterocycles. The summed E-state index contributed by atoms with van der Waals surface area (Å²) in [5.41, 5.74) is 1.97. The molecule has 26 heavy (non-hydrogen) atoms. The third-order valence-corrected chi connectivity index (χ3v) is 4.95. The van der Waals surface area contributed by atoms with Gasteiger partial charge in [-0.1, -0.05) is 12.1 Å². The van der Waals surface area contributed by atoms with Crippen LogP contribution in [-0.2, 0) is 0 Å². The minimum Gasteiger partial charge on any atom is -0.486 e. The fourth-order valence-corrected chi connectivity index (χ4v) is 3.55. The molecule has 2 unspecified atom stereocenters. The van der Waals surface area contributed by atoms with Gasteiger partial charge >= 0.3 is 0 Å². The van der Waals surface area contributed by atoms with Crippen molar-refractivity contribution >= 4 is 11.0 Å². The molecular formula is C19H18N4O3. The molecule has 1 saturated carbocycles. The number of hydrogen-bond acceptors (Lipinski definition) is 6. The van der Waals surface area contributed by atoms with Crippen LogP contribution in [-0.4, -0.2) is 43.1 Å². The summed E-state index contributed by atoms with van der Waals surface area (Å²) in [5.74, 6) is 0.405. The Bertz CT molecular complexity index is 994. The van der Waals surface area contributed by atoms with Gasteiger partial charge in [-0.25, -0.2) is 9.97 Å². The Morgan fingerprint density at radius 2 is 2.00 bits per heavy atom. The summed E-state index contributed by atoms with van der Waals surface area (Å²) in [7, 11) is 0. The molecule has 1 aliphatic rings. The standard InChI is InChI=1S/C19H18N4O3/c1-11-13-6-7-23(19(13)22-10-21-11)14-8-16(18(25)17(14)24)26-15-5-3-2-4-12(15)9-20/h2-7,10,14,16-18,24-25H,8H2,1H3/t14?,16?,17-,18+/m0/s1. The van der Waals surface area contributed by atoms with E-state index in [9.17, 15) is 15.5 Å². The summed E-state index contributed by atoms with van der Waals surface area (Å²) in [6, 6.07) is 10.5. The number of rotatable bonds is 3. The molecule has 4 rings (SSSR count). The normalized spacial score (nSPS) is 25.3. The Morgan fingerprint density at radius 3 is 2.81 bits per heavy atom. The predicted octanol–water partition coefficient (Wildman–Crippen LogP) is 1.73. The van der Waals surface area contributed by atoms with Crippen molar-refractivity contribution in [1.29, 1.82) is 5.26 Å².